The average Bonchev–Trinajstić information content (AvgIpc) is 3.06. The summed E-state index contributed by atoms with van der Waals surface area (Å²) in [5.41, 5.74) is -0.164. The van der Waals surface area contributed by atoms with Crippen molar-refractivity contribution in [2.45, 2.75) is 32.4 Å². The number of aromatic nitrogens is 1. The molecule has 4 nitrogen and oxygen atoms in total. The van der Waals surface area contributed by atoms with Crippen LogP contribution in [0.5, 0.6) is 0 Å². The number of nitrogens with zero attached hydrogens (tertiary/aromatic N) is 1. The summed E-state index contributed by atoms with van der Waals surface area (Å²) in [5.74, 6) is 0.516. The van der Waals surface area contributed by atoms with Crippen LogP contribution < -0.4 is 10.9 Å². The van der Waals surface area contributed by atoms with Gasteiger partial charge in [0.2, 0.25) is 5.91 Å². The predicted molar refractivity (Wildman–Crippen MR) is 68.7 cm³/mol. The van der Waals surface area contributed by atoms with Gasteiger partial charge in [-0.25, -0.2) is 0 Å². The number of carbonyl (C=O) groups is 1. The van der Waals surface area contributed by atoms with E-state index in [-0.39, 0.29) is 24.1 Å². The first-order valence-corrected chi connectivity index (χ1v) is 6.51. The van der Waals surface area contributed by atoms with Gasteiger partial charge in [0.1, 0.15) is 6.54 Å². The molecule has 1 aromatic rings. The molecule has 1 aromatic heterocycles. The number of rotatable bonds is 4. The fourth-order valence-corrected chi connectivity index (χ4v) is 2.17. The number of hydrogen-bond donors (Lipinski definition) is 1. The van der Waals surface area contributed by atoms with Crippen molar-refractivity contribution < 1.29 is 4.79 Å². The van der Waals surface area contributed by atoms with Crippen LogP contribution in [0.2, 0.25) is 0 Å². The van der Waals surface area contributed by atoms with Crippen molar-refractivity contribution in [1.82, 2.24) is 9.88 Å². The summed E-state index contributed by atoms with van der Waals surface area (Å²) < 4.78 is 2.19. The van der Waals surface area contributed by atoms with Crippen molar-refractivity contribution in [2.24, 2.45) is 5.92 Å². The second-order valence-electron chi connectivity index (χ2n) is 4.51. The molecule has 0 bridgehead atoms. The maximum absolute atomic E-state index is 11.7. The fourth-order valence-electron chi connectivity index (χ4n) is 1.79. The second kappa shape index (κ2) is 5.04. The summed E-state index contributed by atoms with van der Waals surface area (Å²) in [7, 11) is 0. The highest BCUT2D eigenvalue weighted by Crippen LogP contribution is 2.32. The van der Waals surface area contributed by atoms with Crippen molar-refractivity contribution in [1.29, 1.82) is 0 Å². The molecule has 0 radical (unpaired) electrons. The summed E-state index contributed by atoms with van der Waals surface area (Å²) in [5, 5.41) is 2.92. The summed E-state index contributed by atoms with van der Waals surface area (Å²) in [6.45, 7) is 2.09. The first kappa shape index (κ1) is 12.4. The molecule has 1 unspecified atom stereocenters. The molecule has 1 saturated carbocycles. The number of halogens is 1. The van der Waals surface area contributed by atoms with Gasteiger partial charge in [-0.15, -0.1) is 0 Å². The van der Waals surface area contributed by atoms with E-state index in [2.05, 4.69) is 21.2 Å². The van der Waals surface area contributed by atoms with Crippen LogP contribution in [0.4, 0.5) is 0 Å². The average molecular weight is 299 g/mol. The van der Waals surface area contributed by atoms with Gasteiger partial charge in [-0.3, -0.25) is 9.59 Å². The van der Waals surface area contributed by atoms with E-state index < -0.39 is 0 Å². The van der Waals surface area contributed by atoms with Gasteiger partial charge in [-0.1, -0.05) is 0 Å². The molecule has 1 aliphatic rings. The van der Waals surface area contributed by atoms with Crippen molar-refractivity contribution in [3.05, 3.63) is 33.2 Å². The van der Waals surface area contributed by atoms with Gasteiger partial charge in [-0.05, 0) is 47.7 Å². The molecule has 1 N–H and O–H groups in total. The van der Waals surface area contributed by atoms with Crippen molar-refractivity contribution >= 4 is 21.8 Å². The highest BCUT2D eigenvalue weighted by Gasteiger charge is 2.28. The topological polar surface area (TPSA) is 51.1 Å². The Labute approximate surface area is 108 Å². The van der Waals surface area contributed by atoms with Crippen LogP contribution in [-0.2, 0) is 11.3 Å². The van der Waals surface area contributed by atoms with E-state index in [4.69, 9.17) is 0 Å². The van der Waals surface area contributed by atoms with Crippen LogP contribution in [-0.4, -0.2) is 16.5 Å². The predicted octanol–water partition coefficient (Wildman–Crippen LogP) is 1.53. The van der Waals surface area contributed by atoms with Gasteiger partial charge < -0.3 is 9.88 Å². The molecule has 1 aliphatic carbocycles. The molecule has 2 rings (SSSR count). The molecule has 5 heteroatoms. The van der Waals surface area contributed by atoms with Crippen LogP contribution in [0.15, 0.2) is 27.6 Å². The lowest BCUT2D eigenvalue weighted by molar-refractivity contribution is -0.122. The molecule has 1 fully saturated rings. The Balaban J connectivity index is 1.97. The summed E-state index contributed by atoms with van der Waals surface area (Å²) in [6, 6.07) is 3.33. The Bertz CT molecular complexity index is 480. The minimum Gasteiger partial charge on any atom is -0.352 e. The van der Waals surface area contributed by atoms with E-state index in [0.29, 0.717) is 5.92 Å². The first-order valence-electron chi connectivity index (χ1n) is 5.71. The molecule has 0 spiro atoms. The first-order chi connectivity index (χ1) is 8.06. The standard InChI is InChI=1S/C12H15BrN2O2/c1-8(9-2-3-9)14-11(16)7-15-6-10(13)4-5-12(15)17/h4-6,8-9H,2-3,7H2,1H3,(H,14,16). The third kappa shape index (κ3) is 3.43. The second-order valence-corrected chi connectivity index (χ2v) is 5.42. The molecule has 1 atom stereocenters. The van der Waals surface area contributed by atoms with E-state index >= 15 is 0 Å². The Morgan fingerprint density at radius 1 is 1.59 bits per heavy atom. The van der Waals surface area contributed by atoms with Gasteiger partial charge in [0.25, 0.3) is 5.56 Å². The normalized spacial score (nSPS) is 16.6. The molecular weight excluding hydrogens is 284 g/mol. The zero-order valence-corrected chi connectivity index (χ0v) is 11.2. The zero-order chi connectivity index (χ0) is 12.4. The molecule has 1 heterocycles. The van der Waals surface area contributed by atoms with Crippen molar-refractivity contribution in [3.8, 4) is 0 Å². The smallest absolute Gasteiger partial charge is 0.251 e. The Morgan fingerprint density at radius 3 is 2.94 bits per heavy atom. The zero-order valence-electron chi connectivity index (χ0n) is 9.65. The van der Waals surface area contributed by atoms with Gasteiger partial charge in [-0.2, -0.15) is 0 Å². The number of hydrogen-bond acceptors (Lipinski definition) is 2. The lowest BCUT2D eigenvalue weighted by Crippen LogP contribution is -2.38. The van der Waals surface area contributed by atoms with Gasteiger partial charge in [0, 0.05) is 22.8 Å². The molecule has 17 heavy (non-hydrogen) atoms. The van der Waals surface area contributed by atoms with Crippen LogP contribution in [0.1, 0.15) is 19.8 Å². The Morgan fingerprint density at radius 2 is 2.29 bits per heavy atom. The molecular formula is C12H15BrN2O2. The van der Waals surface area contributed by atoms with Crippen LogP contribution in [0.3, 0.4) is 0 Å². The van der Waals surface area contributed by atoms with E-state index in [1.165, 1.54) is 23.5 Å². The van der Waals surface area contributed by atoms with Crippen molar-refractivity contribution in [2.75, 3.05) is 0 Å². The van der Waals surface area contributed by atoms with Gasteiger partial charge in [0.15, 0.2) is 0 Å². The molecule has 0 aliphatic heterocycles. The van der Waals surface area contributed by atoms with Gasteiger partial charge >= 0.3 is 0 Å². The highest BCUT2D eigenvalue weighted by molar-refractivity contribution is 9.10. The largest absolute Gasteiger partial charge is 0.352 e. The minimum atomic E-state index is -0.164. The quantitative estimate of drug-likeness (QED) is 0.916. The minimum absolute atomic E-state index is 0.0787. The maximum atomic E-state index is 11.7. The molecule has 1 amide bonds. The van der Waals surface area contributed by atoms with Crippen molar-refractivity contribution in [3.63, 3.8) is 0 Å². The lowest BCUT2D eigenvalue weighted by atomic mass is 10.2. The van der Waals surface area contributed by atoms with Gasteiger partial charge in [0.05, 0.1) is 0 Å². The third-order valence-electron chi connectivity index (χ3n) is 2.98. The fraction of sp³-hybridized carbons (Fsp3) is 0.500. The third-order valence-corrected chi connectivity index (χ3v) is 3.45. The van der Waals surface area contributed by atoms with E-state index in [1.54, 1.807) is 12.3 Å². The van der Waals surface area contributed by atoms with Crippen LogP contribution in [0, 0.1) is 5.92 Å². The van der Waals surface area contributed by atoms with Crippen LogP contribution in [0.25, 0.3) is 0 Å². The Hall–Kier alpha value is -1.10. The monoisotopic (exact) mass is 298 g/mol. The van der Waals surface area contributed by atoms with E-state index in [0.717, 1.165) is 4.47 Å². The number of carbonyl (C=O) groups excluding carboxylic acids is 1. The summed E-state index contributed by atoms with van der Waals surface area (Å²) in [4.78, 5) is 23.2. The van der Waals surface area contributed by atoms with E-state index in [9.17, 15) is 9.59 Å². The van der Waals surface area contributed by atoms with Crippen LogP contribution >= 0.6 is 15.9 Å². The SMILES string of the molecule is CC(NC(=O)Cn1cc(Br)ccc1=O)C1CC1. The number of nitrogens with one attached hydrogen (secondary N) is 1. The lowest BCUT2D eigenvalue weighted by Gasteiger charge is -2.13. The summed E-state index contributed by atoms with van der Waals surface area (Å²) in [6.07, 6.45) is 4.01. The molecule has 0 saturated heterocycles. The Kier molecular flexibility index (Phi) is 3.66. The van der Waals surface area contributed by atoms with E-state index in [1.807, 2.05) is 6.92 Å². The maximum Gasteiger partial charge on any atom is 0.251 e. The summed E-state index contributed by atoms with van der Waals surface area (Å²) >= 11 is 3.28. The highest BCUT2D eigenvalue weighted by atomic mass is 79.9. The number of pyridine rings is 1. The molecule has 92 valence electrons. The number of amides is 1. The molecule has 0 aromatic carbocycles.